The summed E-state index contributed by atoms with van der Waals surface area (Å²) in [5.41, 5.74) is -1.07. The average molecular weight is 169 g/mol. The summed E-state index contributed by atoms with van der Waals surface area (Å²) in [4.78, 5) is 33.3. The largest absolute Gasteiger partial charge is 0.295 e. The standard InChI is InChI=1S/C8H11NO3/c1-3-8(4-2)5(10)6(11)9-7(8)12/h3-4H2,1-2H3,(H,9,11,12). The summed E-state index contributed by atoms with van der Waals surface area (Å²) in [6.45, 7) is 3.47. The van der Waals surface area contributed by atoms with Crippen molar-refractivity contribution >= 4 is 17.6 Å². The number of hydrogen-bond donors (Lipinski definition) is 1. The van der Waals surface area contributed by atoms with E-state index < -0.39 is 23.0 Å². The number of rotatable bonds is 2. The second kappa shape index (κ2) is 2.69. The first-order valence-electron chi connectivity index (χ1n) is 3.98. The normalized spacial score (nSPS) is 21.3. The van der Waals surface area contributed by atoms with Crippen LogP contribution in [0, 0.1) is 5.41 Å². The maximum Gasteiger partial charge on any atom is 0.295 e. The molecule has 66 valence electrons. The first-order valence-corrected chi connectivity index (χ1v) is 3.98. The quantitative estimate of drug-likeness (QED) is 0.360. The highest BCUT2D eigenvalue weighted by molar-refractivity contribution is 6.49. The molecule has 1 rings (SSSR count). The third-order valence-corrected chi connectivity index (χ3v) is 2.51. The Hall–Kier alpha value is -1.19. The van der Waals surface area contributed by atoms with Gasteiger partial charge >= 0.3 is 0 Å². The van der Waals surface area contributed by atoms with Crippen LogP contribution in [0.15, 0.2) is 0 Å². The Bertz CT molecular complexity index is 253. The van der Waals surface area contributed by atoms with Crippen LogP contribution in [-0.2, 0) is 14.4 Å². The van der Waals surface area contributed by atoms with Crippen LogP contribution in [-0.4, -0.2) is 17.6 Å². The second-order valence-electron chi connectivity index (χ2n) is 2.90. The number of carbonyl (C=O) groups excluding carboxylic acids is 3. The van der Waals surface area contributed by atoms with Gasteiger partial charge in [-0.25, -0.2) is 0 Å². The van der Waals surface area contributed by atoms with E-state index >= 15 is 0 Å². The summed E-state index contributed by atoms with van der Waals surface area (Å²) in [5, 5.41) is 2.03. The molecule has 4 heteroatoms. The Morgan fingerprint density at radius 3 is 1.83 bits per heavy atom. The molecule has 1 aliphatic rings. The Balaban J connectivity index is 3.09. The molecule has 0 radical (unpaired) electrons. The fourth-order valence-corrected chi connectivity index (χ4v) is 1.49. The molecule has 0 aromatic heterocycles. The van der Waals surface area contributed by atoms with Gasteiger partial charge < -0.3 is 0 Å². The summed E-state index contributed by atoms with van der Waals surface area (Å²) >= 11 is 0. The zero-order valence-corrected chi connectivity index (χ0v) is 7.14. The van der Waals surface area contributed by atoms with Crippen molar-refractivity contribution in [2.45, 2.75) is 26.7 Å². The molecule has 1 N–H and O–H groups in total. The molecule has 0 saturated carbocycles. The van der Waals surface area contributed by atoms with E-state index in [2.05, 4.69) is 0 Å². The van der Waals surface area contributed by atoms with Crippen molar-refractivity contribution < 1.29 is 14.4 Å². The van der Waals surface area contributed by atoms with Crippen LogP contribution in [0.1, 0.15) is 26.7 Å². The molecule has 0 aromatic carbocycles. The van der Waals surface area contributed by atoms with Crippen molar-refractivity contribution in [3.8, 4) is 0 Å². The van der Waals surface area contributed by atoms with Gasteiger partial charge in [0.05, 0.1) is 0 Å². The minimum absolute atomic E-state index is 0.389. The van der Waals surface area contributed by atoms with Gasteiger partial charge in [0, 0.05) is 0 Å². The van der Waals surface area contributed by atoms with E-state index in [9.17, 15) is 14.4 Å². The van der Waals surface area contributed by atoms with Crippen molar-refractivity contribution in [3.05, 3.63) is 0 Å². The molecule has 1 heterocycles. The molecular formula is C8H11NO3. The molecule has 0 aliphatic carbocycles. The first-order chi connectivity index (χ1) is 5.58. The molecule has 1 saturated heterocycles. The summed E-state index contributed by atoms with van der Waals surface area (Å²) < 4.78 is 0. The van der Waals surface area contributed by atoms with Crippen LogP contribution in [0.25, 0.3) is 0 Å². The Labute approximate surface area is 70.3 Å². The smallest absolute Gasteiger partial charge is 0.289 e. The van der Waals surface area contributed by atoms with Gasteiger partial charge in [-0.3, -0.25) is 19.7 Å². The molecule has 0 spiro atoms. The van der Waals surface area contributed by atoms with Gasteiger partial charge in [-0.2, -0.15) is 0 Å². The number of amides is 2. The van der Waals surface area contributed by atoms with Crippen LogP contribution in [0.2, 0.25) is 0 Å². The number of carbonyl (C=O) groups is 3. The van der Waals surface area contributed by atoms with Crippen molar-refractivity contribution in [2.75, 3.05) is 0 Å². The van der Waals surface area contributed by atoms with Crippen LogP contribution in [0.5, 0.6) is 0 Å². The molecular weight excluding hydrogens is 158 g/mol. The minimum atomic E-state index is -1.07. The monoisotopic (exact) mass is 169 g/mol. The lowest BCUT2D eigenvalue weighted by Crippen LogP contribution is -2.34. The minimum Gasteiger partial charge on any atom is -0.289 e. The zero-order chi connectivity index (χ0) is 9.35. The van der Waals surface area contributed by atoms with Crippen LogP contribution in [0.3, 0.4) is 0 Å². The lowest BCUT2D eigenvalue weighted by Gasteiger charge is -2.18. The molecule has 0 bridgehead atoms. The SMILES string of the molecule is CCC1(CC)C(=O)NC(=O)C1=O. The fourth-order valence-electron chi connectivity index (χ4n) is 1.49. The molecule has 2 amide bonds. The summed E-state index contributed by atoms with van der Waals surface area (Å²) in [6.07, 6.45) is 0.778. The van der Waals surface area contributed by atoms with Crippen molar-refractivity contribution in [3.63, 3.8) is 0 Å². The third kappa shape index (κ3) is 0.873. The van der Waals surface area contributed by atoms with E-state index in [4.69, 9.17) is 0 Å². The number of ketones is 1. The Kier molecular flexibility index (Phi) is 2.00. The maximum atomic E-state index is 11.3. The predicted octanol–water partition coefficient (Wildman–Crippen LogP) is 0.0183. The lowest BCUT2D eigenvalue weighted by molar-refractivity contribution is -0.140. The van der Waals surface area contributed by atoms with Gasteiger partial charge in [-0.15, -0.1) is 0 Å². The van der Waals surface area contributed by atoms with E-state index in [0.29, 0.717) is 12.8 Å². The summed E-state index contributed by atoms with van der Waals surface area (Å²) in [6, 6.07) is 0. The molecule has 0 unspecified atom stereocenters. The molecule has 0 aromatic rings. The highest BCUT2D eigenvalue weighted by Crippen LogP contribution is 2.31. The zero-order valence-electron chi connectivity index (χ0n) is 7.14. The average Bonchev–Trinajstić information content (AvgIpc) is 2.26. The Morgan fingerprint density at radius 1 is 1.17 bits per heavy atom. The van der Waals surface area contributed by atoms with Gasteiger partial charge in [-0.1, -0.05) is 13.8 Å². The molecule has 4 nitrogen and oxygen atoms in total. The number of Topliss-reactive ketones (excluding diaryl/α,β-unsaturated/α-hetero) is 1. The van der Waals surface area contributed by atoms with Gasteiger partial charge in [0.1, 0.15) is 5.41 Å². The topological polar surface area (TPSA) is 63.2 Å². The number of hydrogen-bond acceptors (Lipinski definition) is 3. The van der Waals surface area contributed by atoms with Gasteiger partial charge in [0.25, 0.3) is 5.91 Å². The van der Waals surface area contributed by atoms with E-state index in [0.717, 1.165) is 0 Å². The van der Waals surface area contributed by atoms with Crippen LogP contribution < -0.4 is 5.32 Å². The van der Waals surface area contributed by atoms with E-state index in [-0.39, 0.29) is 0 Å². The van der Waals surface area contributed by atoms with Crippen LogP contribution in [0.4, 0.5) is 0 Å². The number of imide groups is 1. The molecule has 0 atom stereocenters. The highest BCUT2D eigenvalue weighted by atomic mass is 16.2. The van der Waals surface area contributed by atoms with Gasteiger partial charge in [0.2, 0.25) is 11.7 Å². The van der Waals surface area contributed by atoms with Gasteiger partial charge in [-0.05, 0) is 12.8 Å². The second-order valence-corrected chi connectivity index (χ2v) is 2.90. The molecule has 1 aliphatic heterocycles. The molecule has 12 heavy (non-hydrogen) atoms. The summed E-state index contributed by atoms with van der Waals surface area (Å²) in [5.74, 6) is -1.79. The third-order valence-electron chi connectivity index (χ3n) is 2.51. The molecule has 1 fully saturated rings. The van der Waals surface area contributed by atoms with Gasteiger partial charge in [0.15, 0.2) is 0 Å². The fraction of sp³-hybridized carbons (Fsp3) is 0.625. The van der Waals surface area contributed by atoms with E-state index in [1.54, 1.807) is 13.8 Å². The van der Waals surface area contributed by atoms with E-state index in [1.807, 2.05) is 5.32 Å². The highest BCUT2D eigenvalue weighted by Gasteiger charge is 2.52. The number of nitrogens with one attached hydrogen (secondary N) is 1. The Morgan fingerprint density at radius 2 is 1.67 bits per heavy atom. The lowest BCUT2D eigenvalue weighted by atomic mass is 9.80. The van der Waals surface area contributed by atoms with Crippen molar-refractivity contribution in [2.24, 2.45) is 5.41 Å². The predicted molar refractivity (Wildman–Crippen MR) is 41.2 cm³/mol. The van der Waals surface area contributed by atoms with Crippen molar-refractivity contribution in [1.82, 2.24) is 5.32 Å². The maximum absolute atomic E-state index is 11.3. The van der Waals surface area contributed by atoms with Crippen LogP contribution >= 0.6 is 0 Å². The van der Waals surface area contributed by atoms with E-state index in [1.165, 1.54) is 0 Å². The summed E-state index contributed by atoms with van der Waals surface area (Å²) in [7, 11) is 0. The first kappa shape index (κ1) is 8.90. The van der Waals surface area contributed by atoms with Crippen molar-refractivity contribution in [1.29, 1.82) is 0 Å².